The first kappa shape index (κ1) is 17.7. The second-order valence-corrected chi connectivity index (χ2v) is 7.55. The van der Waals surface area contributed by atoms with Crippen LogP contribution in [0.25, 0.3) is 0 Å². The third kappa shape index (κ3) is 3.46. The van der Waals surface area contributed by atoms with Gasteiger partial charge in [-0.3, -0.25) is 0 Å². The Bertz CT molecular complexity index is 578. The molecule has 0 aromatic heterocycles. The van der Waals surface area contributed by atoms with Crippen LogP contribution in [0.5, 0.6) is 0 Å². The van der Waals surface area contributed by atoms with Crippen molar-refractivity contribution in [2.75, 3.05) is 13.1 Å². The number of hydrogen-bond donors (Lipinski definition) is 1. The summed E-state index contributed by atoms with van der Waals surface area (Å²) in [7, 11) is -3.45. The molecule has 1 aliphatic rings. The lowest BCUT2D eigenvalue weighted by atomic mass is 9.96. The number of piperidine rings is 1. The maximum atomic E-state index is 12.6. The molecule has 1 saturated heterocycles. The third-order valence-electron chi connectivity index (χ3n) is 3.69. The molecule has 20 heavy (non-hydrogen) atoms. The Hall–Kier alpha value is -0.330. The minimum absolute atomic E-state index is 0. The van der Waals surface area contributed by atoms with E-state index in [1.54, 1.807) is 25.1 Å². The Balaban J connectivity index is 0.00000200. The van der Waals surface area contributed by atoms with E-state index < -0.39 is 10.0 Å². The van der Waals surface area contributed by atoms with Crippen molar-refractivity contribution in [1.82, 2.24) is 4.31 Å². The van der Waals surface area contributed by atoms with Crippen molar-refractivity contribution in [3.8, 4) is 0 Å². The first-order valence-electron chi connectivity index (χ1n) is 6.34. The van der Waals surface area contributed by atoms with Gasteiger partial charge in [0.25, 0.3) is 0 Å². The lowest BCUT2D eigenvalue weighted by Crippen LogP contribution is -2.48. The van der Waals surface area contributed by atoms with Crippen molar-refractivity contribution in [3.05, 3.63) is 28.8 Å². The van der Waals surface area contributed by atoms with Gasteiger partial charge in [0, 0.05) is 24.2 Å². The zero-order valence-electron chi connectivity index (χ0n) is 11.5. The number of benzene rings is 1. The number of nitrogens with zero attached hydrogens (tertiary/aromatic N) is 1. The highest BCUT2D eigenvalue weighted by Crippen LogP contribution is 2.26. The van der Waals surface area contributed by atoms with Gasteiger partial charge in [0.05, 0.1) is 4.90 Å². The van der Waals surface area contributed by atoms with Gasteiger partial charge in [-0.25, -0.2) is 8.42 Å². The lowest BCUT2D eigenvalue weighted by Gasteiger charge is -2.34. The topological polar surface area (TPSA) is 63.4 Å². The minimum Gasteiger partial charge on any atom is -0.327 e. The van der Waals surface area contributed by atoms with E-state index in [1.807, 2.05) is 6.92 Å². The van der Waals surface area contributed by atoms with E-state index in [1.165, 1.54) is 4.31 Å². The van der Waals surface area contributed by atoms with E-state index in [0.717, 1.165) is 0 Å². The Kier molecular flexibility index (Phi) is 5.87. The van der Waals surface area contributed by atoms with Gasteiger partial charge in [-0.2, -0.15) is 4.31 Å². The fourth-order valence-electron chi connectivity index (χ4n) is 2.39. The summed E-state index contributed by atoms with van der Waals surface area (Å²) in [4.78, 5) is 0.333. The first-order valence-corrected chi connectivity index (χ1v) is 8.16. The SMILES string of the molecule is Cc1cc(Cl)ccc1S(=O)(=O)N1CCC(N)C(C)C1.Cl. The highest BCUT2D eigenvalue weighted by molar-refractivity contribution is 7.89. The van der Waals surface area contributed by atoms with Gasteiger partial charge >= 0.3 is 0 Å². The molecule has 1 fully saturated rings. The summed E-state index contributed by atoms with van der Waals surface area (Å²) >= 11 is 5.87. The van der Waals surface area contributed by atoms with E-state index in [-0.39, 0.29) is 24.4 Å². The molecule has 7 heteroatoms. The molecule has 2 atom stereocenters. The third-order valence-corrected chi connectivity index (χ3v) is 5.95. The fraction of sp³-hybridized carbons (Fsp3) is 0.538. The van der Waals surface area contributed by atoms with Crippen LogP contribution in [-0.4, -0.2) is 31.9 Å². The molecule has 1 aliphatic heterocycles. The minimum atomic E-state index is -3.45. The van der Waals surface area contributed by atoms with Gasteiger partial charge in [0.1, 0.15) is 0 Å². The van der Waals surface area contributed by atoms with Crippen molar-refractivity contribution < 1.29 is 8.42 Å². The molecule has 0 saturated carbocycles. The Morgan fingerprint density at radius 1 is 1.40 bits per heavy atom. The molecule has 4 nitrogen and oxygen atoms in total. The quantitative estimate of drug-likeness (QED) is 0.900. The number of sulfonamides is 1. The molecular weight excluding hydrogens is 319 g/mol. The Morgan fingerprint density at radius 3 is 2.60 bits per heavy atom. The van der Waals surface area contributed by atoms with Gasteiger partial charge in [0.15, 0.2) is 0 Å². The highest BCUT2D eigenvalue weighted by Gasteiger charge is 2.32. The standard InChI is InChI=1S/C13H19ClN2O2S.ClH/c1-9-7-11(14)3-4-13(9)19(17,18)16-6-5-12(15)10(2)8-16;/h3-4,7,10,12H,5-6,8,15H2,1-2H3;1H. The van der Waals surface area contributed by atoms with Crippen LogP contribution in [0, 0.1) is 12.8 Å². The van der Waals surface area contributed by atoms with Crippen molar-refractivity contribution >= 4 is 34.0 Å². The molecule has 2 N–H and O–H groups in total. The van der Waals surface area contributed by atoms with Gasteiger partial charge in [-0.05, 0) is 43.0 Å². The predicted molar refractivity (Wildman–Crippen MR) is 84.0 cm³/mol. The molecule has 2 unspecified atom stereocenters. The highest BCUT2D eigenvalue weighted by atomic mass is 35.5. The summed E-state index contributed by atoms with van der Waals surface area (Å²) in [5, 5.41) is 0.547. The van der Waals surface area contributed by atoms with E-state index in [2.05, 4.69) is 0 Å². The molecule has 0 radical (unpaired) electrons. The molecule has 0 aliphatic carbocycles. The maximum Gasteiger partial charge on any atom is 0.243 e. The van der Waals surface area contributed by atoms with Gasteiger partial charge in [-0.1, -0.05) is 18.5 Å². The fourth-order valence-corrected chi connectivity index (χ4v) is 4.37. The van der Waals surface area contributed by atoms with Crippen LogP contribution >= 0.6 is 24.0 Å². The van der Waals surface area contributed by atoms with Crippen LogP contribution in [0.4, 0.5) is 0 Å². The van der Waals surface area contributed by atoms with Crippen LogP contribution in [0.1, 0.15) is 18.9 Å². The van der Waals surface area contributed by atoms with Crippen LogP contribution in [0.2, 0.25) is 5.02 Å². The summed E-state index contributed by atoms with van der Waals surface area (Å²) in [6.07, 6.45) is 0.701. The Labute approximate surface area is 131 Å². The number of halogens is 2. The Morgan fingerprint density at radius 2 is 2.05 bits per heavy atom. The molecule has 0 bridgehead atoms. The molecule has 1 aromatic carbocycles. The van der Waals surface area contributed by atoms with E-state index in [4.69, 9.17) is 17.3 Å². The molecule has 2 rings (SSSR count). The molecular formula is C13H20Cl2N2O2S. The van der Waals surface area contributed by atoms with Gasteiger partial charge in [-0.15, -0.1) is 12.4 Å². The first-order chi connectivity index (χ1) is 8.82. The summed E-state index contributed by atoms with van der Waals surface area (Å²) < 4.78 is 26.8. The van der Waals surface area contributed by atoms with Crippen LogP contribution < -0.4 is 5.73 Å². The predicted octanol–water partition coefficient (Wildman–Crippen LogP) is 2.43. The van der Waals surface area contributed by atoms with Gasteiger partial charge in [0.2, 0.25) is 10.0 Å². The molecule has 1 aromatic rings. The summed E-state index contributed by atoms with van der Waals surface area (Å²) in [5.74, 6) is 0.177. The van der Waals surface area contributed by atoms with Crippen molar-refractivity contribution in [3.63, 3.8) is 0 Å². The summed E-state index contributed by atoms with van der Waals surface area (Å²) in [6.45, 7) is 4.71. The largest absolute Gasteiger partial charge is 0.327 e. The smallest absolute Gasteiger partial charge is 0.243 e. The lowest BCUT2D eigenvalue weighted by molar-refractivity contribution is 0.250. The van der Waals surface area contributed by atoms with E-state index in [9.17, 15) is 8.42 Å². The molecule has 0 amide bonds. The molecule has 0 spiro atoms. The van der Waals surface area contributed by atoms with Gasteiger partial charge < -0.3 is 5.73 Å². The zero-order chi connectivity index (χ0) is 14.2. The second-order valence-electron chi connectivity index (χ2n) is 5.20. The number of nitrogens with two attached hydrogens (primary N) is 1. The number of rotatable bonds is 2. The van der Waals surface area contributed by atoms with Crippen molar-refractivity contribution in [2.24, 2.45) is 11.7 Å². The number of hydrogen-bond acceptors (Lipinski definition) is 3. The second kappa shape index (κ2) is 6.62. The van der Waals surface area contributed by atoms with Crippen molar-refractivity contribution in [2.45, 2.75) is 31.2 Å². The normalized spacial score (nSPS) is 24.2. The van der Waals surface area contributed by atoms with Crippen LogP contribution in [0.15, 0.2) is 23.1 Å². The molecule has 1 heterocycles. The zero-order valence-corrected chi connectivity index (χ0v) is 13.9. The number of aryl methyl sites for hydroxylation is 1. The van der Waals surface area contributed by atoms with Crippen molar-refractivity contribution in [1.29, 1.82) is 0 Å². The maximum absolute atomic E-state index is 12.6. The van der Waals surface area contributed by atoms with Crippen LogP contribution in [-0.2, 0) is 10.0 Å². The summed E-state index contributed by atoms with van der Waals surface area (Å²) in [5.41, 5.74) is 6.61. The average molecular weight is 339 g/mol. The molecule has 114 valence electrons. The van der Waals surface area contributed by atoms with E-state index in [0.29, 0.717) is 35.0 Å². The van der Waals surface area contributed by atoms with E-state index >= 15 is 0 Å². The summed E-state index contributed by atoms with van der Waals surface area (Å²) in [6, 6.07) is 4.94. The van der Waals surface area contributed by atoms with Crippen LogP contribution in [0.3, 0.4) is 0 Å². The monoisotopic (exact) mass is 338 g/mol. The average Bonchev–Trinajstić information content (AvgIpc) is 2.32.